The molecule has 0 bridgehead atoms. The van der Waals surface area contributed by atoms with Crippen molar-refractivity contribution in [2.45, 2.75) is 52.4 Å². The number of hydrogen-bond acceptors (Lipinski definition) is 3. The summed E-state index contributed by atoms with van der Waals surface area (Å²) in [5, 5.41) is 12.7. The van der Waals surface area contributed by atoms with Gasteiger partial charge in [0.15, 0.2) is 6.10 Å². The number of aryl methyl sites for hydroxylation is 1. The number of halogens is 1. The monoisotopic (exact) mass is 299 g/mol. The smallest absolute Gasteiger partial charge is 0.260 e. The third-order valence-electron chi connectivity index (χ3n) is 2.89. The number of ether oxygens (including phenoxy) is 1. The van der Waals surface area contributed by atoms with Crippen molar-refractivity contribution in [3.05, 3.63) is 28.8 Å². The fourth-order valence-electron chi connectivity index (χ4n) is 1.92. The fraction of sp³-hybridized carbons (Fsp3) is 0.533. The summed E-state index contributed by atoms with van der Waals surface area (Å²) in [6.45, 7) is 7.12. The van der Waals surface area contributed by atoms with E-state index in [-0.39, 0.29) is 11.9 Å². The lowest BCUT2D eigenvalue weighted by Crippen LogP contribution is -2.42. The Hall–Kier alpha value is -1.26. The Balaban J connectivity index is 2.57. The van der Waals surface area contributed by atoms with Crippen LogP contribution >= 0.6 is 11.6 Å². The van der Waals surface area contributed by atoms with Gasteiger partial charge in [0, 0.05) is 11.1 Å². The van der Waals surface area contributed by atoms with E-state index in [0.717, 1.165) is 5.56 Å². The molecule has 0 saturated heterocycles. The SMILES string of the molecule is Cc1cc(Cl)ccc1OC(C)C(=O)NC(C)CC(C)O. The Labute approximate surface area is 125 Å². The number of rotatable bonds is 6. The maximum absolute atomic E-state index is 12.0. The van der Waals surface area contributed by atoms with Crippen molar-refractivity contribution in [3.8, 4) is 5.75 Å². The van der Waals surface area contributed by atoms with Gasteiger partial charge in [-0.25, -0.2) is 0 Å². The minimum Gasteiger partial charge on any atom is -0.481 e. The van der Waals surface area contributed by atoms with Gasteiger partial charge < -0.3 is 15.2 Å². The first-order valence-electron chi connectivity index (χ1n) is 6.71. The zero-order chi connectivity index (χ0) is 15.3. The Kier molecular flexibility index (Phi) is 6.30. The zero-order valence-electron chi connectivity index (χ0n) is 12.3. The van der Waals surface area contributed by atoms with Crippen LogP contribution < -0.4 is 10.1 Å². The van der Waals surface area contributed by atoms with Gasteiger partial charge in [-0.2, -0.15) is 0 Å². The molecule has 3 unspecified atom stereocenters. The molecule has 0 spiro atoms. The van der Waals surface area contributed by atoms with Gasteiger partial charge in [-0.1, -0.05) is 11.6 Å². The van der Waals surface area contributed by atoms with E-state index in [1.54, 1.807) is 32.0 Å². The van der Waals surface area contributed by atoms with Crippen molar-refractivity contribution >= 4 is 17.5 Å². The van der Waals surface area contributed by atoms with Crippen molar-refractivity contribution in [3.63, 3.8) is 0 Å². The van der Waals surface area contributed by atoms with Crippen LogP contribution in [0.1, 0.15) is 32.8 Å². The summed E-state index contributed by atoms with van der Waals surface area (Å²) in [6, 6.07) is 5.17. The van der Waals surface area contributed by atoms with Crippen LogP contribution in [0.15, 0.2) is 18.2 Å². The molecule has 0 aromatic heterocycles. The van der Waals surface area contributed by atoms with E-state index in [2.05, 4.69) is 5.32 Å². The predicted octanol–water partition coefficient (Wildman–Crippen LogP) is 2.69. The number of amides is 1. The normalized spacial score (nSPS) is 15.3. The summed E-state index contributed by atoms with van der Waals surface area (Å²) < 4.78 is 5.63. The molecular formula is C15H22ClNO3. The average Bonchev–Trinajstić information content (AvgIpc) is 2.31. The van der Waals surface area contributed by atoms with E-state index in [9.17, 15) is 9.90 Å². The lowest BCUT2D eigenvalue weighted by Gasteiger charge is -2.20. The number of carbonyl (C=O) groups is 1. The van der Waals surface area contributed by atoms with Crippen LogP contribution in [0.4, 0.5) is 0 Å². The maximum atomic E-state index is 12.0. The largest absolute Gasteiger partial charge is 0.481 e. The van der Waals surface area contributed by atoms with Crippen molar-refractivity contribution in [1.82, 2.24) is 5.32 Å². The molecule has 1 amide bonds. The van der Waals surface area contributed by atoms with E-state index < -0.39 is 12.2 Å². The molecule has 0 fully saturated rings. The second kappa shape index (κ2) is 7.50. The summed E-state index contributed by atoms with van der Waals surface area (Å²) in [5.41, 5.74) is 0.883. The quantitative estimate of drug-likeness (QED) is 0.849. The average molecular weight is 300 g/mol. The van der Waals surface area contributed by atoms with E-state index in [1.807, 2.05) is 13.8 Å². The summed E-state index contributed by atoms with van der Waals surface area (Å²) >= 11 is 5.87. The van der Waals surface area contributed by atoms with Gasteiger partial charge in [0.1, 0.15) is 5.75 Å². The van der Waals surface area contributed by atoms with Gasteiger partial charge in [-0.3, -0.25) is 4.79 Å². The molecule has 3 atom stereocenters. The molecule has 0 aliphatic heterocycles. The Morgan fingerprint density at radius 1 is 1.40 bits per heavy atom. The van der Waals surface area contributed by atoms with Crippen molar-refractivity contribution in [2.24, 2.45) is 0 Å². The molecule has 5 heteroatoms. The topological polar surface area (TPSA) is 58.6 Å². The molecule has 0 heterocycles. The van der Waals surface area contributed by atoms with Crippen LogP contribution in [0.3, 0.4) is 0 Å². The molecule has 0 radical (unpaired) electrons. The van der Waals surface area contributed by atoms with Gasteiger partial charge in [0.25, 0.3) is 5.91 Å². The highest BCUT2D eigenvalue weighted by Crippen LogP contribution is 2.22. The number of hydrogen-bond donors (Lipinski definition) is 2. The van der Waals surface area contributed by atoms with Crippen LogP contribution in [-0.2, 0) is 4.79 Å². The minimum absolute atomic E-state index is 0.0973. The third kappa shape index (κ3) is 5.39. The Bertz CT molecular complexity index is 462. The van der Waals surface area contributed by atoms with Gasteiger partial charge >= 0.3 is 0 Å². The van der Waals surface area contributed by atoms with E-state index in [1.165, 1.54) is 0 Å². The number of nitrogens with one attached hydrogen (secondary N) is 1. The second-order valence-corrected chi connectivity index (χ2v) is 5.60. The molecule has 1 aromatic rings. The summed E-state index contributed by atoms with van der Waals surface area (Å²) in [4.78, 5) is 12.0. The highest BCUT2D eigenvalue weighted by Gasteiger charge is 2.18. The molecule has 2 N–H and O–H groups in total. The first kappa shape index (κ1) is 16.8. The van der Waals surface area contributed by atoms with Gasteiger partial charge in [0.2, 0.25) is 0 Å². The molecule has 0 aliphatic rings. The molecule has 4 nitrogen and oxygen atoms in total. The molecule has 1 aromatic carbocycles. The standard InChI is InChI=1S/C15H22ClNO3/c1-9-7-13(16)5-6-14(9)20-12(4)15(19)17-10(2)8-11(3)18/h5-7,10-12,18H,8H2,1-4H3,(H,17,19). The molecular weight excluding hydrogens is 278 g/mol. The highest BCUT2D eigenvalue weighted by atomic mass is 35.5. The number of benzene rings is 1. The summed E-state index contributed by atoms with van der Waals surface area (Å²) in [6.07, 6.45) is -0.537. The number of aliphatic hydroxyl groups excluding tert-OH is 1. The Morgan fingerprint density at radius 2 is 2.05 bits per heavy atom. The van der Waals surface area contributed by atoms with E-state index in [4.69, 9.17) is 16.3 Å². The minimum atomic E-state index is -0.605. The van der Waals surface area contributed by atoms with Crippen LogP contribution in [0, 0.1) is 6.92 Å². The molecule has 112 valence electrons. The molecule has 1 rings (SSSR count). The fourth-order valence-corrected chi connectivity index (χ4v) is 2.15. The van der Waals surface area contributed by atoms with Gasteiger partial charge in [0.05, 0.1) is 6.10 Å². The van der Waals surface area contributed by atoms with Crippen molar-refractivity contribution in [2.75, 3.05) is 0 Å². The maximum Gasteiger partial charge on any atom is 0.260 e. The summed E-state index contributed by atoms with van der Waals surface area (Å²) in [5.74, 6) is 0.438. The second-order valence-electron chi connectivity index (χ2n) is 5.16. The van der Waals surface area contributed by atoms with Crippen LogP contribution in [0.25, 0.3) is 0 Å². The molecule has 20 heavy (non-hydrogen) atoms. The number of carbonyl (C=O) groups excluding carboxylic acids is 1. The molecule has 0 aliphatic carbocycles. The van der Waals surface area contributed by atoms with E-state index >= 15 is 0 Å². The lowest BCUT2D eigenvalue weighted by molar-refractivity contribution is -0.128. The first-order chi connectivity index (χ1) is 9.29. The number of aliphatic hydroxyl groups is 1. The first-order valence-corrected chi connectivity index (χ1v) is 7.08. The zero-order valence-corrected chi connectivity index (χ0v) is 13.1. The highest BCUT2D eigenvalue weighted by molar-refractivity contribution is 6.30. The van der Waals surface area contributed by atoms with Crippen LogP contribution in [0.5, 0.6) is 5.75 Å². The van der Waals surface area contributed by atoms with Crippen LogP contribution in [0.2, 0.25) is 5.02 Å². The molecule has 0 saturated carbocycles. The van der Waals surface area contributed by atoms with Crippen molar-refractivity contribution < 1.29 is 14.6 Å². The van der Waals surface area contributed by atoms with Gasteiger partial charge in [-0.05, 0) is 57.9 Å². The van der Waals surface area contributed by atoms with Crippen LogP contribution in [-0.4, -0.2) is 29.3 Å². The Morgan fingerprint density at radius 3 is 2.60 bits per heavy atom. The van der Waals surface area contributed by atoms with Crippen molar-refractivity contribution in [1.29, 1.82) is 0 Å². The lowest BCUT2D eigenvalue weighted by atomic mass is 10.1. The summed E-state index contributed by atoms with van der Waals surface area (Å²) in [7, 11) is 0. The predicted molar refractivity (Wildman–Crippen MR) is 80.2 cm³/mol. The van der Waals surface area contributed by atoms with E-state index in [0.29, 0.717) is 17.2 Å². The van der Waals surface area contributed by atoms with Gasteiger partial charge in [-0.15, -0.1) is 0 Å². The third-order valence-corrected chi connectivity index (χ3v) is 3.13.